The second kappa shape index (κ2) is 10.4. The van der Waals surface area contributed by atoms with Crippen LogP contribution >= 0.6 is 0 Å². The number of methoxy groups -OCH3 is 2. The molecule has 7 heteroatoms. The number of aryl methyl sites for hydroxylation is 2. The molecule has 0 radical (unpaired) electrons. The standard InChI is InChI=1S/C30H31NO6/c1-17(2)37-23-12-7-9-20(15-23)26-25(27(32)24-14-18(3)13-19(4)29(24)36-6)28(33)30(34)31(26)21-10-8-11-22(16-21)35-5/h7-17,26,32H,1-6H3/b27-25+. The first-order valence-corrected chi connectivity index (χ1v) is 12.0. The number of ketones is 1. The lowest BCUT2D eigenvalue weighted by Crippen LogP contribution is -2.29. The zero-order valence-corrected chi connectivity index (χ0v) is 21.9. The van der Waals surface area contributed by atoms with Crippen LogP contribution in [0.3, 0.4) is 0 Å². The van der Waals surface area contributed by atoms with Crippen molar-refractivity contribution in [2.75, 3.05) is 19.1 Å². The minimum Gasteiger partial charge on any atom is -0.507 e. The molecule has 37 heavy (non-hydrogen) atoms. The van der Waals surface area contributed by atoms with E-state index >= 15 is 0 Å². The number of amides is 1. The van der Waals surface area contributed by atoms with Gasteiger partial charge in [0.2, 0.25) is 0 Å². The third-order valence-corrected chi connectivity index (χ3v) is 6.20. The van der Waals surface area contributed by atoms with Gasteiger partial charge in [0.1, 0.15) is 23.0 Å². The van der Waals surface area contributed by atoms with Crippen LogP contribution in [0.5, 0.6) is 17.2 Å². The number of hydrogen-bond donors (Lipinski definition) is 1. The molecule has 192 valence electrons. The van der Waals surface area contributed by atoms with Crippen LogP contribution in [0.1, 0.15) is 42.1 Å². The quantitative estimate of drug-likeness (QED) is 0.253. The van der Waals surface area contributed by atoms with Crippen molar-refractivity contribution in [2.24, 2.45) is 0 Å². The summed E-state index contributed by atoms with van der Waals surface area (Å²) in [5.74, 6) is -0.280. The number of nitrogens with zero attached hydrogens (tertiary/aromatic N) is 1. The fourth-order valence-corrected chi connectivity index (χ4v) is 4.75. The highest BCUT2D eigenvalue weighted by molar-refractivity contribution is 6.51. The number of hydrogen-bond acceptors (Lipinski definition) is 6. The molecule has 1 aliphatic heterocycles. The van der Waals surface area contributed by atoms with Crippen LogP contribution in [0, 0.1) is 13.8 Å². The number of carbonyl (C=O) groups is 2. The van der Waals surface area contributed by atoms with Crippen molar-refractivity contribution in [1.29, 1.82) is 0 Å². The van der Waals surface area contributed by atoms with Crippen molar-refractivity contribution in [3.63, 3.8) is 0 Å². The van der Waals surface area contributed by atoms with Crippen molar-refractivity contribution in [3.8, 4) is 17.2 Å². The van der Waals surface area contributed by atoms with Crippen LogP contribution in [0.4, 0.5) is 5.69 Å². The molecule has 1 fully saturated rings. The van der Waals surface area contributed by atoms with Crippen LogP contribution in [0.2, 0.25) is 0 Å². The smallest absolute Gasteiger partial charge is 0.300 e. The van der Waals surface area contributed by atoms with E-state index in [-0.39, 0.29) is 17.4 Å². The summed E-state index contributed by atoms with van der Waals surface area (Å²) in [6, 6.07) is 16.9. The van der Waals surface area contributed by atoms with E-state index in [1.54, 1.807) is 42.5 Å². The Kier molecular flexibility index (Phi) is 7.25. The molecule has 4 rings (SSSR count). The van der Waals surface area contributed by atoms with E-state index in [1.165, 1.54) is 19.1 Å². The average molecular weight is 502 g/mol. The zero-order chi connectivity index (χ0) is 26.9. The van der Waals surface area contributed by atoms with Gasteiger partial charge in [-0.1, -0.05) is 24.3 Å². The fourth-order valence-electron chi connectivity index (χ4n) is 4.75. The molecule has 1 atom stereocenters. The molecule has 3 aromatic rings. The number of rotatable bonds is 7. The van der Waals surface area contributed by atoms with Gasteiger partial charge >= 0.3 is 0 Å². The van der Waals surface area contributed by atoms with E-state index in [0.29, 0.717) is 34.1 Å². The van der Waals surface area contributed by atoms with Crippen LogP contribution in [-0.2, 0) is 9.59 Å². The van der Waals surface area contributed by atoms with Gasteiger partial charge in [-0.15, -0.1) is 0 Å². The van der Waals surface area contributed by atoms with E-state index in [9.17, 15) is 14.7 Å². The number of aliphatic hydroxyl groups is 1. The SMILES string of the molecule is COc1cccc(N2C(=O)C(=O)/C(=C(/O)c3cc(C)cc(C)c3OC)C2c2cccc(OC(C)C)c2)c1. The lowest BCUT2D eigenvalue weighted by molar-refractivity contribution is -0.132. The van der Waals surface area contributed by atoms with Crippen molar-refractivity contribution in [1.82, 2.24) is 0 Å². The number of carbonyl (C=O) groups excluding carboxylic acids is 2. The molecule has 1 saturated heterocycles. The van der Waals surface area contributed by atoms with Crippen LogP contribution in [-0.4, -0.2) is 37.1 Å². The van der Waals surface area contributed by atoms with Gasteiger partial charge in [0.05, 0.1) is 37.5 Å². The van der Waals surface area contributed by atoms with Crippen LogP contribution in [0.25, 0.3) is 5.76 Å². The molecule has 0 bridgehead atoms. The van der Waals surface area contributed by atoms with Gasteiger partial charge in [0.15, 0.2) is 0 Å². The molecule has 3 aromatic carbocycles. The first-order valence-electron chi connectivity index (χ1n) is 12.0. The molecule has 1 N–H and O–H groups in total. The predicted octanol–water partition coefficient (Wildman–Crippen LogP) is 5.73. The molecule has 0 saturated carbocycles. The molecular weight excluding hydrogens is 470 g/mol. The summed E-state index contributed by atoms with van der Waals surface area (Å²) in [4.78, 5) is 28.5. The molecule has 0 spiro atoms. The highest BCUT2D eigenvalue weighted by Crippen LogP contribution is 2.45. The van der Waals surface area contributed by atoms with E-state index in [0.717, 1.165) is 11.1 Å². The lowest BCUT2D eigenvalue weighted by Gasteiger charge is -2.26. The second-order valence-corrected chi connectivity index (χ2v) is 9.27. The van der Waals surface area contributed by atoms with E-state index in [4.69, 9.17) is 14.2 Å². The number of Topliss-reactive ketones (excluding diaryl/α,β-unsaturated/α-hetero) is 1. The molecule has 1 unspecified atom stereocenters. The monoisotopic (exact) mass is 501 g/mol. The minimum absolute atomic E-state index is 0.0298. The molecule has 0 aromatic heterocycles. The Morgan fingerprint density at radius 2 is 1.62 bits per heavy atom. The van der Waals surface area contributed by atoms with Gasteiger partial charge in [-0.25, -0.2) is 0 Å². The van der Waals surface area contributed by atoms with Gasteiger partial charge < -0.3 is 19.3 Å². The Hall–Kier alpha value is -4.26. The van der Waals surface area contributed by atoms with Crippen molar-refractivity contribution < 1.29 is 28.9 Å². The topological polar surface area (TPSA) is 85.3 Å². The first-order chi connectivity index (χ1) is 17.7. The Labute approximate surface area is 216 Å². The average Bonchev–Trinajstić information content (AvgIpc) is 3.13. The maximum Gasteiger partial charge on any atom is 0.300 e. The van der Waals surface area contributed by atoms with Gasteiger partial charge in [-0.05, 0) is 74.7 Å². The summed E-state index contributed by atoms with van der Waals surface area (Å²) in [7, 11) is 3.04. The van der Waals surface area contributed by atoms with Gasteiger partial charge in [-0.3, -0.25) is 14.5 Å². The largest absolute Gasteiger partial charge is 0.507 e. The number of anilines is 1. The third-order valence-electron chi connectivity index (χ3n) is 6.20. The Bertz CT molecular complexity index is 1390. The van der Waals surface area contributed by atoms with Crippen LogP contribution in [0.15, 0.2) is 66.2 Å². The number of ether oxygens (including phenoxy) is 3. The Balaban J connectivity index is 2.00. The third kappa shape index (κ3) is 4.89. The number of aliphatic hydroxyl groups excluding tert-OH is 1. The fraction of sp³-hybridized carbons (Fsp3) is 0.267. The summed E-state index contributed by atoms with van der Waals surface area (Å²) in [6.07, 6.45) is -0.0699. The summed E-state index contributed by atoms with van der Waals surface area (Å²) in [6.45, 7) is 7.59. The number of benzene rings is 3. The highest BCUT2D eigenvalue weighted by Gasteiger charge is 2.47. The van der Waals surface area contributed by atoms with Gasteiger partial charge in [0, 0.05) is 11.8 Å². The predicted molar refractivity (Wildman–Crippen MR) is 142 cm³/mol. The molecule has 7 nitrogen and oxygen atoms in total. The van der Waals surface area contributed by atoms with Gasteiger partial charge in [-0.2, -0.15) is 0 Å². The maximum absolute atomic E-state index is 13.6. The summed E-state index contributed by atoms with van der Waals surface area (Å²) >= 11 is 0. The highest BCUT2D eigenvalue weighted by atomic mass is 16.5. The van der Waals surface area contributed by atoms with Crippen molar-refractivity contribution >= 4 is 23.1 Å². The summed E-state index contributed by atoms with van der Waals surface area (Å²) in [5.41, 5.74) is 3.08. The first kappa shape index (κ1) is 25.8. The maximum atomic E-state index is 13.6. The summed E-state index contributed by atoms with van der Waals surface area (Å²) < 4.78 is 16.8. The Morgan fingerprint density at radius 1 is 0.919 bits per heavy atom. The molecule has 1 heterocycles. The van der Waals surface area contributed by atoms with E-state index in [2.05, 4.69) is 0 Å². The van der Waals surface area contributed by atoms with Crippen molar-refractivity contribution in [3.05, 3.63) is 88.5 Å². The van der Waals surface area contributed by atoms with E-state index in [1.807, 2.05) is 45.9 Å². The Morgan fingerprint density at radius 3 is 2.30 bits per heavy atom. The molecule has 1 amide bonds. The molecule has 1 aliphatic rings. The lowest BCUT2D eigenvalue weighted by atomic mass is 9.93. The summed E-state index contributed by atoms with van der Waals surface area (Å²) in [5, 5.41) is 11.6. The van der Waals surface area contributed by atoms with Crippen LogP contribution < -0.4 is 19.1 Å². The molecular formula is C30H31NO6. The zero-order valence-electron chi connectivity index (χ0n) is 21.9. The normalized spacial score (nSPS) is 16.8. The van der Waals surface area contributed by atoms with Crippen molar-refractivity contribution in [2.45, 2.75) is 39.8 Å². The van der Waals surface area contributed by atoms with E-state index < -0.39 is 17.7 Å². The second-order valence-electron chi connectivity index (χ2n) is 9.27. The minimum atomic E-state index is -0.909. The molecule has 0 aliphatic carbocycles. The van der Waals surface area contributed by atoms with Gasteiger partial charge in [0.25, 0.3) is 11.7 Å².